The van der Waals surface area contributed by atoms with E-state index in [1.807, 2.05) is 18.2 Å². The molecule has 2 aliphatic rings. The van der Waals surface area contributed by atoms with Crippen molar-refractivity contribution < 1.29 is 32.5 Å². The first kappa shape index (κ1) is 33.7. The average Bonchev–Trinajstić information content (AvgIpc) is 3.51. The SMILES string of the molecule is CCC(=Cc1sc2c([n+]1CC)[Te]C(OC)C(OC)=C2)C=C1Sc2ccc(-c3ccccc3)cc2N1CCCS(=O)(=O)O.[OH-]. The average molecular weight is 756 g/mol. The van der Waals surface area contributed by atoms with Crippen molar-refractivity contribution in [1.82, 2.24) is 0 Å². The molecule has 43 heavy (non-hydrogen) atoms. The number of rotatable bonds is 11. The van der Waals surface area contributed by atoms with Crippen LogP contribution >= 0.6 is 23.1 Å². The molecule has 1 aromatic heterocycles. The topological polar surface area (TPSA) is 110 Å². The third-order valence-electron chi connectivity index (χ3n) is 7.07. The van der Waals surface area contributed by atoms with E-state index in [1.54, 1.807) is 37.3 Å². The maximum absolute atomic E-state index is 11.5. The van der Waals surface area contributed by atoms with Crippen molar-refractivity contribution in [1.29, 1.82) is 0 Å². The minimum Gasteiger partial charge on any atom is -0.870 e. The van der Waals surface area contributed by atoms with Crippen molar-refractivity contribution >= 4 is 75.7 Å². The molecule has 0 bridgehead atoms. The van der Waals surface area contributed by atoms with E-state index in [-0.39, 0.29) is 15.4 Å². The monoisotopic (exact) mass is 758 g/mol. The standard InChI is InChI=1S/C31H34N2O5S3Te.H2O/c1-5-21(17-28-32(6-2)30-27(40-28)20-25(37-3)31(38-4)42-30)18-29-33(15-10-16-41(34,35)36)24-19-23(13-14-26(24)39-29)22-11-8-7-9-12-22;/h7-9,11-14,17-20,31H,5-6,10,15-16H2,1-4H3;1H2. The van der Waals surface area contributed by atoms with E-state index >= 15 is 0 Å². The maximum atomic E-state index is 11.5. The summed E-state index contributed by atoms with van der Waals surface area (Å²) in [7, 11) is -0.577. The van der Waals surface area contributed by atoms with Gasteiger partial charge in [0.05, 0.1) is 0 Å². The zero-order valence-corrected chi connectivity index (χ0v) is 29.3. The van der Waals surface area contributed by atoms with E-state index in [4.69, 9.17) is 9.47 Å². The Bertz CT molecular complexity index is 1650. The van der Waals surface area contributed by atoms with Crippen LogP contribution in [0.25, 0.3) is 23.3 Å². The van der Waals surface area contributed by atoms with Crippen molar-refractivity contribution in [3.05, 3.63) is 80.9 Å². The number of hydrogen-bond acceptors (Lipinski definition) is 8. The predicted molar refractivity (Wildman–Crippen MR) is 176 cm³/mol. The molecule has 0 saturated carbocycles. The van der Waals surface area contributed by atoms with Gasteiger partial charge in [0.15, 0.2) is 0 Å². The second-order valence-corrected chi connectivity index (χ2v) is 16.5. The van der Waals surface area contributed by atoms with Crippen LogP contribution in [0.15, 0.2) is 75.9 Å². The van der Waals surface area contributed by atoms with E-state index in [0.717, 1.165) is 45.5 Å². The van der Waals surface area contributed by atoms with E-state index in [1.165, 1.54) is 19.2 Å². The summed E-state index contributed by atoms with van der Waals surface area (Å²) < 4.78 is 47.6. The number of hydrogen-bond donors (Lipinski definition) is 1. The van der Waals surface area contributed by atoms with Crippen molar-refractivity contribution in [3.63, 3.8) is 0 Å². The van der Waals surface area contributed by atoms with Gasteiger partial charge in [0.1, 0.15) is 0 Å². The summed E-state index contributed by atoms with van der Waals surface area (Å²) in [4.78, 5) is 4.58. The van der Waals surface area contributed by atoms with Gasteiger partial charge in [-0.2, -0.15) is 8.42 Å². The Hall–Kier alpha value is -2.14. The molecule has 0 amide bonds. The van der Waals surface area contributed by atoms with Gasteiger partial charge >= 0.3 is 225 Å². The Labute approximate surface area is 272 Å². The van der Waals surface area contributed by atoms with Crippen LogP contribution in [0.5, 0.6) is 0 Å². The van der Waals surface area contributed by atoms with Gasteiger partial charge in [0, 0.05) is 0 Å². The first-order valence-electron chi connectivity index (χ1n) is 13.8. The minimum atomic E-state index is -4.04. The Balaban J connectivity index is 0.00000423. The molecule has 5 rings (SSSR count). The third-order valence-corrected chi connectivity index (χ3v) is 14.2. The third kappa shape index (κ3) is 7.75. The normalized spacial score (nSPS) is 17.4. The molecule has 2 aliphatic heterocycles. The predicted octanol–water partition coefficient (Wildman–Crippen LogP) is 5.37. The molecule has 3 heterocycles. The van der Waals surface area contributed by atoms with Crippen LogP contribution in [0, 0.1) is 0 Å². The fourth-order valence-electron chi connectivity index (χ4n) is 4.96. The second-order valence-electron chi connectivity index (χ2n) is 9.79. The molecule has 0 radical (unpaired) electrons. The quantitative estimate of drug-likeness (QED) is 0.158. The number of thioether (sulfide) groups is 1. The second kappa shape index (κ2) is 14.8. The molecule has 0 fully saturated rings. The van der Waals surface area contributed by atoms with Crippen LogP contribution in [0.3, 0.4) is 0 Å². The summed E-state index contributed by atoms with van der Waals surface area (Å²) in [6.45, 7) is 5.71. The number of fused-ring (bicyclic) bond motifs is 2. The molecule has 2 aromatic carbocycles. The van der Waals surface area contributed by atoms with E-state index in [9.17, 15) is 13.0 Å². The Morgan fingerprint density at radius 2 is 1.91 bits per heavy atom. The van der Waals surface area contributed by atoms with Crippen LogP contribution < -0.4 is 13.2 Å². The number of anilines is 1. The molecule has 1 atom stereocenters. The van der Waals surface area contributed by atoms with Gasteiger partial charge in [-0.15, -0.1) is 0 Å². The fourth-order valence-corrected chi connectivity index (χ4v) is 11.8. The molecular formula is C31H36N2O6S3Te. The van der Waals surface area contributed by atoms with Crippen molar-refractivity contribution in [3.8, 4) is 11.1 Å². The van der Waals surface area contributed by atoms with Gasteiger partial charge in [-0.1, -0.05) is 30.3 Å². The number of thiazole rings is 1. The number of nitrogens with zero attached hydrogens (tertiary/aromatic N) is 2. The van der Waals surface area contributed by atoms with Gasteiger partial charge in [-0.3, -0.25) is 4.55 Å². The van der Waals surface area contributed by atoms with Crippen LogP contribution in [0.2, 0.25) is 0 Å². The summed E-state index contributed by atoms with van der Waals surface area (Å²) in [6.07, 6.45) is 7.80. The first-order chi connectivity index (χ1) is 20.2. The molecule has 0 aliphatic carbocycles. The summed E-state index contributed by atoms with van der Waals surface area (Å²) in [5.41, 5.74) is 4.48. The van der Waals surface area contributed by atoms with Crippen molar-refractivity contribution in [2.24, 2.45) is 0 Å². The Kier molecular flexibility index (Phi) is 11.6. The molecule has 3 aromatic rings. The van der Waals surface area contributed by atoms with E-state index in [2.05, 4.69) is 71.9 Å². The minimum absolute atomic E-state index is 0. The number of aromatic nitrogens is 1. The number of methoxy groups -OCH3 is 2. The van der Waals surface area contributed by atoms with Gasteiger partial charge in [-0.25, -0.2) is 0 Å². The van der Waals surface area contributed by atoms with Gasteiger partial charge in [0.2, 0.25) is 0 Å². The molecule has 1 unspecified atom stereocenters. The van der Waals surface area contributed by atoms with E-state index in [0.29, 0.717) is 13.0 Å². The van der Waals surface area contributed by atoms with Crippen LogP contribution in [0.4, 0.5) is 5.69 Å². The number of ether oxygens (including phenoxy) is 2. The van der Waals surface area contributed by atoms with Gasteiger partial charge in [0.25, 0.3) is 0 Å². The molecule has 0 saturated heterocycles. The van der Waals surface area contributed by atoms with E-state index < -0.39 is 31.0 Å². The zero-order valence-electron chi connectivity index (χ0n) is 24.5. The first-order valence-corrected chi connectivity index (χ1v) is 19.5. The van der Waals surface area contributed by atoms with Crippen LogP contribution in [-0.4, -0.2) is 70.0 Å². The zero-order chi connectivity index (χ0) is 29.9. The molecule has 0 spiro atoms. The summed E-state index contributed by atoms with van der Waals surface area (Å²) in [5, 5.41) is 2.26. The Morgan fingerprint density at radius 3 is 2.56 bits per heavy atom. The van der Waals surface area contributed by atoms with Gasteiger partial charge in [-0.05, 0) is 0 Å². The summed E-state index contributed by atoms with van der Waals surface area (Å²) >= 11 is 2.85. The van der Waals surface area contributed by atoms with Crippen molar-refractivity contribution in [2.45, 2.75) is 42.3 Å². The molecule has 8 nitrogen and oxygen atoms in total. The molecule has 2 N–H and O–H groups in total. The number of benzene rings is 2. The molecule has 12 heteroatoms. The van der Waals surface area contributed by atoms with Crippen molar-refractivity contribution in [2.75, 3.05) is 31.4 Å². The Morgan fingerprint density at radius 1 is 1.14 bits per heavy atom. The summed E-state index contributed by atoms with van der Waals surface area (Å²) in [6, 6.07) is 16.7. The smallest absolute Gasteiger partial charge is 0.870 e. The molecule has 230 valence electrons. The van der Waals surface area contributed by atoms with Gasteiger partial charge < -0.3 is 5.48 Å². The summed E-state index contributed by atoms with van der Waals surface area (Å²) in [5.74, 6) is 0.632. The van der Waals surface area contributed by atoms with Crippen LogP contribution in [-0.2, 0) is 26.1 Å². The van der Waals surface area contributed by atoms with Crippen LogP contribution in [0.1, 0.15) is 36.6 Å². The number of allylic oxidation sites excluding steroid dienone is 2. The molecular weight excluding hydrogens is 720 g/mol. The fraction of sp³-hybridized carbons (Fsp3) is 0.323.